The summed E-state index contributed by atoms with van der Waals surface area (Å²) in [6.45, 7) is 2.90. The Morgan fingerprint density at radius 2 is 1.12 bits per heavy atom. The van der Waals surface area contributed by atoms with E-state index < -0.39 is 10.4 Å². The normalized spacial score (nSPS) is 10.2. The first-order chi connectivity index (χ1) is 10.9. The number of unbranched alkanes of at least 4 members (excludes halogenated alkanes) is 9. The molecular weight excluding hydrogens is 374 g/mol. The fourth-order valence-electron chi connectivity index (χ4n) is 1.79. The largest absolute Gasteiger partial charge is 1.00 e. The van der Waals surface area contributed by atoms with Gasteiger partial charge < -0.3 is 14.2 Å². The van der Waals surface area contributed by atoms with E-state index in [9.17, 15) is 0 Å². The van der Waals surface area contributed by atoms with Crippen LogP contribution in [0.2, 0.25) is 0 Å². The molecule has 0 heterocycles. The van der Waals surface area contributed by atoms with E-state index in [0.717, 1.165) is 6.42 Å². The van der Waals surface area contributed by atoms with Crippen LogP contribution in [0.3, 0.4) is 0 Å². The third-order valence-corrected chi connectivity index (χ3v) is 2.85. The van der Waals surface area contributed by atoms with E-state index in [2.05, 4.69) is 16.8 Å². The summed E-state index contributed by atoms with van der Waals surface area (Å²) in [5.41, 5.74) is 0. The van der Waals surface area contributed by atoms with Gasteiger partial charge in [-0.3, -0.25) is 8.42 Å². The monoisotopic (exact) mass is 404 g/mol. The van der Waals surface area contributed by atoms with Gasteiger partial charge in [-0.2, -0.15) is 0 Å². The molecule has 25 heavy (non-hydrogen) atoms. The molecule has 11 heteroatoms. The van der Waals surface area contributed by atoms with Gasteiger partial charge in [0, 0.05) is 10.4 Å². The molecule has 0 aromatic rings. The van der Waals surface area contributed by atoms with Crippen molar-refractivity contribution in [3.63, 3.8) is 0 Å². The molecule has 0 unspecified atom stereocenters. The number of rotatable bonds is 15. The topological polar surface area (TPSA) is 128 Å². The average molecular weight is 404 g/mol. The quantitative estimate of drug-likeness (QED) is 0.0742. The predicted octanol–water partition coefficient (Wildman–Crippen LogP) is -3.55. The second-order valence-corrected chi connectivity index (χ2v) is 5.84. The molecule has 0 aromatic heterocycles. The van der Waals surface area contributed by atoms with Crippen LogP contribution in [0.25, 0.3) is 0 Å². The summed E-state index contributed by atoms with van der Waals surface area (Å²) in [6.07, 6.45) is 13.0. The van der Waals surface area contributed by atoms with Crippen molar-refractivity contribution in [2.75, 3.05) is 19.8 Å². The Morgan fingerprint density at radius 3 is 1.52 bits per heavy atom. The van der Waals surface area contributed by atoms with E-state index in [-0.39, 0.29) is 72.3 Å². The predicted molar refractivity (Wildman–Crippen MR) is 82.4 cm³/mol. The first-order valence-electron chi connectivity index (χ1n) is 8.10. The van der Waals surface area contributed by atoms with Crippen molar-refractivity contribution in [2.45, 2.75) is 71.1 Å². The number of hydrogen-bond donors (Lipinski definition) is 1. The van der Waals surface area contributed by atoms with Gasteiger partial charge in [-0.15, -0.1) is 0 Å². The minimum absolute atomic E-state index is 0. The maximum absolute atomic E-state index is 8.52. The maximum Gasteiger partial charge on any atom is 1.00 e. The Kier molecular flexibility index (Phi) is 38.2. The molecule has 142 valence electrons. The third kappa shape index (κ3) is 51.8. The molecule has 1 N–H and O–H groups in total. The van der Waals surface area contributed by atoms with Gasteiger partial charge in [0.1, 0.15) is 6.61 Å². The summed E-state index contributed by atoms with van der Waals surface area (Å²) in [5, 5.41) is 12.8. The molecule has 0 radical (unpaired) electrons. The molecule has 0 aromatic carbocycles. The van der Waals surface area contributed by atoms with Crippen LogP contribution in [0.15, 0.2) is 0 Å². The van der Waals surface area contributed by atoms with Crippen LogP contribution in [0, 0.1) is 0 Å². The van der Waals surface area contributed by atoms with Gasteiger partial charge >= 0.3 is 59.1 Å². The third-order valence-electron chi connectivity index (χ3n) is 2.85. The summed E-state index contributed by atoms with van der Waals surface area (Å²) >= 11 is 0. The van der Waals surface area contributed by atoms with E-state index >= 15 is 0 Å². The van der Waals surface area contributed by atoms with E-state index in [1.165, 1.54) is 57.8 Å². The number of aliphatic hydroxyl groups excluding tert-OH is 1. The maximum atomic E-state index is 8.52. The van der Waals surface area contributed by atoms with Crippen LogP contribution >= 0.6 is 0 Å². The Hall–Kier alpha value is 1.71. The molecular formula is C14H30Na2O8S. The summed E-state index contributed by atoms with van der Waals surface area (Å²) in [5.74, 6) is 0. The van der Waals surface area contributed by atoms with Crippen LogP contribution in [-0.2, 0) is 25.2 Å². The van der Waals surface area contributed by atoms with Crippen molar-refractivity contribution in [2.24, 2.45) is 0 Å². The standard InChI is InChI=1S/C14H30O4.2Na.H2O4S/c1-2-3-4-5-6-7-8-9-10-11-13-16-18-17-14-12-15;;;1-5(2,3)4/h15H,2-14H2,1H3;;;(H2,1,2,3,4)/q;2*+1;/p-2. The SMILES string of the molecule is CCCCCCCCCCCCOOOCCO.O=S(=O)([O-])[O-].[Na+].[Na+]. The first kappa shape index (κ1) is 34.2. The molecule has 0 amide bonds. The summed E-state index contributed by atoms with van der Waals surface area (Å²) < 4.78 is 34.1. The second-order valence-electron chi connectivity index (χ2n) is 5.03. The minimum atomic E-state index is -5.17. The zero-order valence-corrected chi connectivity index (χ0v) is 20.7. The van der Waals surface area contributed by atoms with Gasteiger partial charge in [0.2, 0.25) is 0 Å². The van der Waals surface area contributed by atoms with E-state index in [4.69, 9.17) is 27.5 Å². The molecule has 0 saturated heterocycles. The number of aliphatic hydroxyl groups is 1. The molecule has 0 aliphatic heterocycles. The molecule has 0 bridgehead atoms. The fourth-order valence-corrected chi connectivity index (χ4v) is 1.79. The van der Waals surface area contributed by atoms with Crippen molar-refractivity contribution in [3.8, 4) is 0 Å². The molecule has 0 aliphatic carbocycles. The van der Waals surface area contributed by atoms with E-state index in [1.807, 2.05) is 0 Å². The summed E-state index contributed by atoms with van der Waals surface area (Å²) in [7, 11) is -5.17. The summed E-state index contributed by atoms with van der Waals surface area (Å²) in [6, 6.07) is 0. The van der Waals surface area contributed by atoms with Crippen molar-refractivity contribution in [1.82, 2.24) is 0 Å². The molecule has 0 saturated carbocycles. The van der Waals surface area contributed by atoms with Crippen LogP contribution in [0.4, 0.5) is 0 Å². The van der Waals surface area contributed by atoms with Gasteiger partial charge in [-0.05, 0) is 6.42 Å². The van der Waals surface area contributed by atoms with Gasteiger partial charge in [-0.25, -0.2) is 9.78 Å². The molecule has 0 spiro atoms. The van der Waals surface area contributed by atoms with Gasteiger partial charge in [0.05, 0.1) is 13.2 Å². The van der Waals surface area contributed by atoms with Gasteiger partial charge in [0.15, 0.2) is 0 Å². The Labute approximate surface area is 196 Å². The molecule has 0 atom stereocenters. The number of hydrogen-bond acceptors (Lipinski definition) is 8. The average Bonchev–Trinajstić information content (AvgIpc) is 2.46. The van der Waals surface area contributed by atoms with E-state index in [0.29, 0.717) is 6.61 Å². The first-order valence-corrected chi connectivity index (χ1v) is 9.43. The molecule has 0 fully saturated rings. The van der Waals surface area contributed by atoms with Crippen molar-refractivity contribution in [1.29, 1.82) is 0 Å². The zero-order valence-electron chi connectivity index (χ0n) is 15.9. The van der Waals surface area contributed by atoms with Crippen LogP contribution in [0.1, 0.15) is 71.1 Å². The summed E-state index contributed by atoms with van der Waals surface area (Å²) in [4.78, 5) is 9.28. The minimum Gasteiger partial charge on any atom is -0.759 e. The molecule has 8 nitrogen and oxygen atoms in total. The van der Waals surface area contributed by atoms with Crippen molar-refractivity contribution >= 4 is 10.4 Å². The van der Waals surface area contributed by atoms with Gasteiger partial charge in [-0.1, -0.05) is 69.7 Å². The molecule has 0 rings (SSSR count). The Balaban J connectivity index is -0.000000276. The van der Waals surface area contributed by atoms with Crippen LogP contribution in [-0.4, -0.2) is 42.5 Å². The second kappa shape index (κ2) is 27.9. The Bertz CT molecular complexity index is 294. The smallest absolute Gasteiger partial charge is 0.759 e. The van der Waals surface area contributed by atoms with Crippen molar-refractivity contribution < 1.29 is 96.6 Å². The van der Waals surface area contributed by atoms with Crippen LogP contribution < -0.4 is 59.1 Å². The van der Waals surface area contributed by atoms with E-state index in [1.54, 1.807) is 0 Å². The Morgan fingerprint density at radius 1 is 0.760 bits per heavy atom. The van der Waals surface area contributed by atoms with Crippen molar-refractivity contribution in [3.05, 3.63) is 0 Å². The van der Waals surface area contributed by atoms with Crippen LogP contribution in [0.5, 0.6) is 0 Å². The fraction of sp³-hybridized carbons (Fsp3) is 1.00. The molecule has 0 aliphatic rings. The van der Waals surface area contributed by atoms with Gasteiger partial charge in [0.25, 0.3) is 0 Å². The zero-order chi connectivity index (χ0) is 17.8.